The van der Waals surface area contributed by atoms with E-state index in [9.17, 15) is 4.79 Å². The molecule has 3 heteroatoms. The van der Waals surface area contributed by atoms with Crippen molar-refractivity contribution in [1.82, 2.24) is 0 Å². The molecule has 1 aliphatic heterocycles. The molecule has 0 bridgehead atoms. The third-order valence-corrected chi connectivity index (χ3v) is 1.62. The van der Waals surface area contributed by atoms with E-state index >= 15 is 0 Å². The largest absolute Gasteiger partial charge is 0.483 e. The van der Waals surface area contributed by atoms with Gasteiger partial charge in [-0.3, -0.25) is 4.79 Å². The molecule has 0 aromatic heterocycles. The maximum atomic E-state index is 10.8. The first-order chi connectivity index (χ1) is 5.86. The van der Waals surface area contributed by atoms with E-state index in [1.54, 1.807) is 0 Å². The number of ether oxygens (including phenoxy) is 1. The molecular weight excluding hydrogens is 154 g/mol. The first-order valence-corrected chi connectivity index (χ1v) is 3.65. The third-order valence-electron chi connectivity index (χ3n) is 1.62. The molecule has 1 aliphatic rings. The number of carbonyl (C=O) groups is 1. The van der Waals surface area contributed by atoms with Gasteiger partial charge in [-0.1, -0.05) is 12.1 Å². The van der Waals surface area contributed by atoms with E-state index in [1.807, 2.05) is 24.3 Å². The maximum Gasteiger partial charge on any atom is 0.283 e. The number of hydrogen-bond acceptors (Lipinski definition) is 2. The second kappa shape index (κ2) is 2.77. The number of rotatable bonds is 0. The number of benzene rings is 1. The molecule has 1 aromatic rings. The lowest BCUT2D eigenvalue weighted by molar-refractivity contribution is -0.119. The minimum atomic E-state index is -0.244. The van der Waals surface area contributed by atoms with Crippen molar-refractivity contribution in [1.29, 1.82) is 0 Å². The highest BCUT2D eigenvalue weighted by atomic mass is 16.5. The minimum absolute atomic E-state index is 0.0352. The predicted molar refractivity (Wildman–Crippen MR) is 44.5 cm³/mol. The van der Waals surface area contributed by atoms with Crippen molar-refractivity contribution in [3.8, 4) is 5.75 Å². The molecule has 0 saturated heterocycles. The average molecular weight is 161 g/mol. The Bertz CT molecular complexity index is 344. The standard InChI is InChI=1S/C9H7NO2/c11-9-6-12-8-4-2-1-3-7(8)5-10-9/h1-5H,6H2. The van der Waals surface area contributed by atoms with Crippen LogP contribution in [0.2, 0.25) is 0 Å². The van der Waals surface area contributed by atoms with Gasteiger partial charge in [0, 0.05) is 11.8 Å². The van der Waals surface area contributed by atoms with Crippen molar-refractivity contribution in [2.24, 2.45) is 4.99 Å². The summed E-state index contributed by atoms with van der Waals surface area (Å²) in [7, 11) is 0. The van der Waals surface area contributed by atoms with Crippen molar-refractivity contribution >= 4 is 12.1 Å². The number of para-hydroxylation sites is 1. The van der Waals surface area contributed by atoms with Crippen molar-refractivity contribution in [3.05, 3.63) is 29.8 Å². The Morgan fingerprint density at radius 3 is 3.08 bits per heavy atom. The van der Waals surface area contributed by atoms with Crippen LogP contribution in [0.15, 0.2) is 29.3 Å². The van der Waals surface area contributed by atoms with Gasteiger partial charge in [-0.2, -0.15) is 0 Å². The maximum absolute atomic E-state index is 10.8. The fourth-order valence-electron chi connectivity index (χ4n) is 1.04. The van der Waals surface area contributed by atoms with E-state index in [-0.39, 0.29) is 12.5 Å². The molecule has 1 amide bonds. The number of aliphatic imine (C=N–C) groups is 1. The Morgan fingerprint density at radius 2 is 2.17 bits per heavy atom. The molecule has 0 unspecified atom stereocenters. The Kier molecular flexibility index (Phi) is 1.63. The molecule has 3 nitrogen and oxygen atoms in total. The zero-order chi connectivity index (χ0) is 8.39. The predicted octanol–water partition coefficient (Wildman–Crippen LogP) is 1.02. The Balaban J connectivity index is 2.45. The minimum Gasteiger partial charge on any atom is -0.483 e. The van der Waals surface area contributed by atoms with Gasteiger partial charge in [-0.15, -0.1) is 0 Å². The van der Waals surface area contributed by atoms with Crippen LogP contribution in [-0.4, -0.2) is 18.7 Å². The van der Waals surface area contributed by atoms with E-state index in [0.29, 0.717) is 5.75 Å². The van der Waals surface area contributed by atoms with Gasteiger partial charge in [0.05, 0.1) is 0 Å². The normalized spacial score (nSPS) is 14.8. The third kappa shape index (κ3) is 1.21. The van der Waals surface area contributed by atoms with Gasteiger partial charge in [-0.05, 0) is 12.1 Å². The van der Waals surface area contributed by atoms with Crippen LogP contribution in [-0.2, 0) is 4.79 Å². The van der Waals surface area contributed by atoms with Crippen molar-refractivity contribution in [2.75, 3.05) is 6.61 Å². The summed E-state index contributed by atoms with van der Waals surface area (Å²) < 4.78 is 5.19. The number of fused-ring (bicyclic) bond motifs is 1. The summed E-state index contributed by atoms with van der Waals surface area (Å²) in [5.74, 6) is 0.471. The van der Waals surface area contributed by atoms with E-state index in [1.165, 1.54) is 6.21 Å². The number of carbonyl (C=O) groups excluding carboxylic acids is 1. The van der Waals surface area contributed by atoms with Crippen LogP contribution in [0.5, 0.6) is 5.75 Å². The second-order valence-corrected chi connectivity index (χ2v) is 2.48. The summed E-state index contributed by atoms with van der Waals surface area (Å²) >= 11 is 0. The van der Waals surface area contributed by atoms with E-state index in [0.717, 1.165) is 5.56 Å². The summed E-state index contributed by atoms with van der Waals surface area (Å²) in [5, 5.41) is 0. The number of amides is 1. The summed E-state index contributed by atoms with van der Waals surface area (Å²) in [6.45, 7) is 0.0352. The van der Waals surface area contributed by atoms with Gasteiger partial charge in [0.2, 0.25) is 0 Å². The molecular formula is C9H7NO2. The van der Waals surface area contributed by atoms with Crippen molar-refractivity contribution < 1.29 is 9.53 Å². The summed E-state index contributed by atoms with van der Waals surface area (Å²) in [6.07, 6.45) is 1.53. The fourth-order valence-corrected chi connectivity index (χ4v) is 1.04. The lowest BCUT2D eigenvalue weighted by atomic mass is 10.2. The topological polar surface area (TPSA) is 38.7 Å². The first kappa shape index (κ1) is 7.03. The van der Waals surface area contributed by atoms with E-state index in [2.05, 4.69) is 4.99 Å². The highest BCUT2D eigenvalue weighted by Crippen LogP contribution is 2.17. The molecule has 0 fully saturated rings. The van der Waals surface area contributed by atoms with Crippen LogP contribution in [0.3, 0.4) is 0 Å². The first-order valence-electron chi connectivity index (χ1n) is 3.65. The average Bonchev–Trinajstić information content (AvgIpc) is 2.29. The van der Waals surface area contributed by atoms with Gasteiger partial charge >= 0.3 is 0 Å². The lowest BCUT2D eigenvalue weighted by Crippen LogP contribution is -2.06. The Hall–Kier alpha value is -1.64. The number of hydrogen-bond donors (Lipinski definition) is 0. The highest BCUT2D eigenvalue weighted by molar-refractivity contribution is 5.95. The van der Waals surface area contributed by atoms with Crippen LogP contribution < -0.4 is 4.74 Å². The van der Waals surface area contributed by atoms with Gasteiger partial charge < -0.3 is 4.74 Å². The second-order valence-electron chi connectivity index (χ2n) is 2.48. The summed E-state index contributed by atoms with van der Waals surface area (Å²) in [5.41, 5.74) is 0.850. The molecule has 60 valence electrons. The van der Waals surface area contributed by atoms with Gasteiger partial charge in [0.25, 0.3) is 5.91 Å². The summed E-state index contributed by atoms with van der Waals surface area (Å²) in [4.78, 5) is 14.5. The van der Waals surface area contributed by atoms with Crippen LogP contribution in [0, 0.1) is 0 Å². The molecule has 0 aliphatic carbocycles. The van der Waals surface area contributed by atoms with Gasteiger partial charge in [-0.25, -0.2) is 4.99 Å². The molecule has 0 atom stereocenters. The molecule has 0 spiro atoms. The molecule has 0 N–H and O–H groups in total. The van der Waals surface area contributed by atoms with Crippen molar-refractivity contribution in [3.63, 3.8) is 0 Å². The Morgan fingerprint density at radius 1 is 1.33 bits per heavy atom. The van der Waals surface area contributed by atoms with Crippen LogP contribution in [0.1, 0.15) is 5.56 Å². The van der Waals surface area contributed by atoms with Crippen LogP contribution in [0.4, 0.5) is 0 Å². The lowest BCUT2D eigenvalue weighted by Gasteiger charge is -2.02. The van der Waals surface area contributed by atoms with Crippen LogP contribution in [0.25, 0.3) is 0 Å². The highest BCUT2D eigenvalue weighted by Gasteiger charge is 2.07. The fraction of sp³-hybridized carbons (Fsp3) is 0.111. The van der Waals surface area contributed by atoms with Gasteiger partial charge in [0.1, 0.15) is 5.75 Å². The van der Waals surface area contributed by atoms with Crippen LogP contribution >= 0.6 is 0 Å². The number of nitrogens with zero attached hydrogens (tertiary/aromatic N) is 1. The molecule has 12 heavy (non-hydrogen) atoms. The smallest absolute Gasteiger partial charge is 0.283 e. The molecule has 1 heterocycles. The van der Waals surface area contributed by atoms with E-state index < -0.39 is 0 Å². The zero-order valence-electron chi connectivity index (χ0n) is 6.36. The SMILES string of the molecule is O=C1COc2ccccc2C=N1. The molecule has 0 saturated carbocycles. The molecule has 2 rings (SSSR count). The van der Waals surface area contributed by atoms with Crippen molar-refractivity contribution in [2.45, 2.75) is 0 Å². The van der Waals surface area contributed by atoms with Gasteiger partial charge in [0.15, 0.2) is 6.61 Å². The monoisotopic (exact) mass is 161 g/mol. The Labute approximate surface area is 69.7 Å². The summed E-state index contributed by atoms with van der Waals surface area (Å²) in [6, 6.07) is 7.42. The molecule has 0 radical (unpaired) electrons. The quantitative estimate of drug-likeness (QED) is 0.570. The molecule has 1 aromatic carbocycles. The zero-order valence-corrected chi connectivity index (χ0v) is 6.36. The van der Waals surface area contributed by atoms with E-state index in [4.69, 9.17) is 4.74 Å².